The maximum atomic E-state index is 12.7. The zero-order chi connectivity index (χ0) is 20.4. The fourth-order valence-corrected chi connectivity index (χ4v) is 4.38. The molecule has 0 unspecified atom stereocenters. The van der Waals surface area contributed by atoms with Gasteiger partial charge < -0.3 is 14.8 Å². The monoisotopic (exact) mass is 434 g/mol. The standard InChI is InChI=1S/C22H24Cl2N2O3/c1-14-5-7-16(23)22(21(14)24)25-20(27)13-26-9-2-4-17(26)15-6-8-18-19(12-15)29-11-3-10-28-18/h5-8,12,17H,2-4,9-11,13H2,1H3,(H,25,27)/t17-/m1/s1. The number of benzene rings is 2. The van der Waals surface area contributed by atoms with E-state index in [1.807, 2.05) is 19.1 Å². The highest BCUT2D eigenvalue weighted by Gasteiger charge is 2.29. The fourth-order valence-electron chi connectivity index (χ4n) is 3.91. The van der Waals surface area contributed by atoms with Gasteiger partial charge in [-0.25, -0.2) is 0 Å². The van der Waals surface area contributed by atoms with Crippen LogP contribution in [0.2, 0.25) is 10.0 Å². The van der Waals surface area contributed by atoms with E-state index in [2.05, 4.69) is 22.3 Å². The van der Waals surface area contributed by atoms with Crippen LogP contribution in [0.3, 0.4) is 0 Å². The molecule has 0 bridgehead atoms. The first kappa shape index (κ1) is 20.3. The molecule has 1 fully saturated rings. The molecule has 2 aliphatic rings. The molecule has 0 radical (unpaired) electrons. The number of carbonyl (C=O) groups is 1. The van der Waals surface area contributed by atoms with Gasteiger partial charge in [0.05, 0.1) is 35.5 Å². The first-order valence-electron chi connectivity index (χ1n) is 9.91. The van der Waals surface area contributed by atoms with Gasteiger partial charge in [0.15, 0.2) is 11.5 Å². The van der Waals surface area contributed by atoms with Gasteiger partial charge in [0.25, 0.3) is 0 Å². The summed E-state index contributed by atoms with van der Waals surface area (Å²) in [7, 11) is 0. The van der Waals surface area contributed by atoms with Crippen LogP contribution < -0.4 is 14.8 Å². The summed E-state index contributed by atoms with van der Waals surface area (Å²) >= 11 is 12.6. The van der Waals surface area contributed by atoms with E-state index in [9.17, 15) is 4.79 Å². The van der Waals surface area contributed by atoms with E-state index in [0.717, 1.165) is 48.4 Å². The highest BCUT2D eigenvalue weighted by atomic mass is 35.5. The first-order chi connectivity index (χ1) is 14.0. The second-order valence-corrected chi connectivity index (χ2v) is 8.27. The third kappa shape index (κ3) is 4.47. The van der Waals surface area contributed by atoms with Crippen LogP contribution in [0.15, 0.2) is 30.3 Å². The van der Waals surface area contributed by atoms with Crippen LogP contribution in [0, 0.1) is 6.92 Å². The number of hydrogen-bond acceptors (Lipinski definition) is 4. The smallest absolute Gasteiger partial charge is 0.238 e. The SMILES string of the molecule is Cc1ccc(Cl)c(NC(=O)CN2CCC[C@@H]2c2ccc3c(c2)OCCCO3)c1Cl. The van der Waals surface area contributed by atoms with E-state index in [-0.39, 0.29) is 18.5 Å². The zero-order valence-electron chi connectivity index (χ0n) is 16.3. The second kappa shape index (κ2) is 8.82. The highest BCUT2D eigenvalue weighted by molar-refractivity contribution is 6.40. The van der Waals surface area contributed by atoms with Crippen molar-refractivity contribution in [3.05, 3.63) is 51.5 Å². The molecule has 5 nitrogen and oxygen atoms in total. The molecule has 1 amide bonds. The molecule has 154 valence electrons. The molecule has 4 rings (SSSR count). The van der Waals surface area contributed by atoms with E-state index < -0.39 is 0 Å². The van der Waals surface area contributed by atoms with E-state index in [1.165, 1.54) is 0 Å². The van der Waals surface area contributed by atoms with Gasteiger partial charge in [-0.05, 0) is 55.6 Å². The van der Waals surface area contributed by atoms with E-state index >= 15 is 0 Å². The molecular formula is C22H24Cl2N2O3. The lowest BCUT2D eigenvalue weighted by Gasteiger charge is -2.25. The van der Waals surface area contributed by atoms with Crippen LogP contribution in [0.4, 0.5) is 5.69 Å². The summed E-state index contributed by atoms with van der Waals surface area (Å²) in [5.41, 5.74) is 2.49. The molecule has 2 aromatic rings. The normalized spacial score (nSPS) is 19.1. The van der Waals surface area contributed by atoms with Crippen LogP contribution in [0.1, 0.15) is 36.4 Å². The molecular weight excluding hydrogens is 411 g/mol. The summed E-state index contributed by atoms with van der Waals surface area (Å²) in [6.07, 6.45) is 2.92. The summed E-state index contributed by atoms with van der Waals surface area (Å²) in [5, 5.41) is 3.81. The number of aryl methyl sites for hydroxylation is 1. The van der Waals surface area contributed by atoms with Gasteiger partial charge in [-0.3, -0.25) is 9.69 Å². The minimum absolute atomic E-state index is 0.124. The molecule has 1 saturated heterocycles. The van der Waals surface area contributed by atoms with Crippen LogP contribution >= 0.6 is 23.2 Å². The molecule has 0 spiro atoms. The van der Waals surface area contributed by atoms with Crippen molar-refractivity contribution < 1.29 is 14.3 Å². The Balaban J connectivity index is 1.47. The molecule has 2 aliphatic heterocycles. The summed E-state index contributed by atoms with van der Waals surface area (Å²) in [6, 6.07) is 9.84. The average Bonchev–Trinajstić information content (AvgIpc) is 3.03. The van der Waals surface area contributed by atoms with Crippen molar-refractivity contribution in [1.29, 1.82) is 0 Å². The van der Waals surface area contributed by atoms with Gasteiger partial charge in [-0.15, -0.1) is 0 Å². The third-order valence-corrected chi connectivity index (χ3v) is 6.22. The van der Waals surface area contributed by atoms with Crippen molar-refractivity contribution in [2.45, 2.75) is 32.2 Å². The molecule has 29 heavy (non-hydrogen) atoms. The largest absolute Gasteiger partial charge is 0.490 e. The quantitative estimate of drug-likeness (QED) is 0.714. The fraction of sp³-hybridized carbons (Fsp3) is 0.409. The van der Waals surface area contributed by atoms with Crippen molar-refractivity contribution in [3.8, 4) is 11.5 Å². The van der Waals surface area contributed by atoms with Crippen molar-refractivity contribution in [2.24, 2.45) is 0 Å². The Morgan fingerprint density at radius 2 is 1.93 bits per heavy atom. The minimum Gasteiger partial charge on any atom is -0.490 e. The van der Waals surface area contributed by atoms with E-state index in [4.69, 9.17) is 32.7 Å². The number of nitrogens with zero attached hydrogens (tertiary/aromatic N) is 1. The number of carbonyl (C=O) groups excluding carboxylic acids is 1. The number of fused-ring (bicyclic) bond motifs is 1. The van der Waals surface area contributed by atoms with Crippen molar-refractivity contribution in [2.75, 3.05) is 31.6 Å². The van der Waals surface area contributed by atoms with Gasteiger partial charge in [0.1, 0.15) is 0 Å². The molecule has 1 atom stereocenters. The van der Waals surface area contributed by atoms with Crippen LogP contribution in [-0.4, -0.2) is 37.1 Å². The Morgan fingerprint density at radius 1 is 1.14 bits per heavy atom. The van der Waals surface area contributed by atoms with E-state index in [0.29, 0.717) is 28.9 Å². The average molecular weight is 435 g/mol. The predicted molar refractivity (Wildman–Crippen MR) is 115 cm³/mol. The number of amides is 1. The maximum Gasteiger partial charge on any atom is 0.238 e. The topological polar surface area (TPSA) is 50.8 Å². The molecule has 7 heteroatoms. The summed E-state index contributed by atoms with van der Waals surface area (Å²) < 4.78 is 11.6. The van der Waals surface area contributed by atoms with Gasteiger partial charge in [-0.1, -0.05) is 35.3 Å². The molecule has 0 aliphatic carbocycles. The number of ether oxygens (including phenoxy) is 2. The summed E-state index contributed by atoms with van der Waals surface area (Å²) in [4.78, 5) is 14.9. The molecule has 2 aromatic carbocycles. The highest BCUT2D eigenvalue weighted by Crippen LogP contribution is 2.38. The van der Waals surface area contributed by atoms with Crippen molar-refractivity contribution in [1.82, 2.24) is 4.90 Å². The van der Waals surface area contributed by atoms with Gasteiger partial charge >= 0.3 is 0 Å². The van der Waals surface area contributed by atoms with E-state index in [1.54, 1.807) is 6.07 Å². The van der Waals surface area contributed by atoms with Gasteiger partial charge in [0, 0.05) is 12.5 Å². The minimum atomic E-state index is -0.124. The Bertz CT molecular complexity index is 919. The third-order valence-electron chi connectivity index (χ3n) is 5.42. The summed E-state index contributed by atoms with van der Waals surface area (Å²) in [6.45, 7) is 4.36. The lowest BCUT2D eigenvalue weighted by Crippen LogP contribution is -2.33. The number of hydrogen-bond donors (Lipinski definition) is 1. The number of rotatable bonds is 4. The molecule has 0 aromatic heterocycles. The Labute approximate surface area is 180 Å². The maximum absolute atomic E-state index is 12.7. The van der Waals surface area contributed by atoms with Crippen LogP contribution in [-0.2, 0) is 4.79 Å². The van der Waals surface area contributed by atoms with Crippen molar-refractivity contribution >= 4 is 34.8 Å². The molecule has 2 heterocycles. The zero-order valence-corrected chi connectivity index (χ0v) is 17.9. The summed E-state index contributed by atoms with van der Waals surface area (Å²) in [5.74, 6) is 1.45. The van der Waals surface area contributed by atoms with Crippen LogP contribution in [0.5, 0.6) is 11.5 Å². The van der Waals surface area contributed by atoms with Gasteiger partial charge in [-0.2, -0.15) is 0 Å². The second-order valence-electron chi connectivity index (χ2n) is 7.49. The number of nitrogens with one attached hydrogen (secondary N) is 1. The first-order valence-corrected chi connectivity index (χ1v) is 10.7. The lowest BCUT2D eigenvalue weighted by molar-refractivity contribution is -0.117. The number of halogens is 2. The Hall–Kier alpha value is -1.95. The number of anilines is 1. The predicted octanol–water partition coefficient (Wildman–Crippen LogP) is 5.24. The van der Waals surface area contributed by atoms with Crippen LogP contribution in [0.25, 0.3) is 0 Å². The Morgan fingerprint density at radius 3 is 2.76 bits per heavy atom. The Kier molecular flexibility index (Phi) is 6.18. The van der Waals surface area contributed by atoms with Crippen molar-refractivity contribution in [3.63, 3.8) is 0 Å². The molecule has 1 N–H and O–H groups in total. The van der Waals surface area contributed by atoms with Gasteiger partial charge in [0.2, 0.25) is 5.91 Å². The number of likely N-dealkylation sites (tertiary alicyclic amines) is 1. The lowest BCUT2D eigenvalue weighted by atomic mass is 10.0. The molecule has 0 saturated carbocycles.